The van der Waals surface area contributed by atoms with E-state index in [1.54, 1.807) is 14.2 Å². The Hall–Kier alpha value is -1.99. The molecule has 0 radical (unpaired) electrons. The Morgan fingerprint density at radius 2 is 1.90 bits per heavy atom. The number of likely N-dealkylation sites (tertiary alicyclic amines) is 1. The van der Waals surface area contributed by atoms with E-state index in [4.69, 9.17) is 19.2 Å². The van der Waals surface area contributed by atoms with E-state index in [0.717, 1.165) is 62.2 Å². The SMILES string of the molecule is CCNC(=NCc1ccc(OC)cc1OC)NCC1(N2CCCC2)CCOCC1. The van der Waals surface area contributed by atoms with Crippen LogP contribution in [0, 0.1) is 0 Å². The number of aliphatic imine (C=N–C) groups is 1. The Morgan fingerprint density at radius 1 is 1.14 bits per heavy atom. The standard InChI is InChI=1S/C22H36N4O3/c1-4-23-21(24-16-18-7-8-19(27-2)15-20(18)28-3)25-17-22(9-13-29-14-10-22)26-11-5-6-12-26/h7-8,15H,4-6,9-14,16-17H2,1-3H3,(H2,23,24,25). The molecule has 1 aromatic carbocycles. The lowest BCUT2D eigenvalue weighted by atomic mass is 9.88. The second kappa shape index (κ2) is 10.7. The minimum Gasteiger partial charge on any atom is -0.497 e. The van der Waals surface area contributed by atoms with Crippen LogP contribution in [0.15, 0.2) is 23.2 Å². The predicted octanol–water partition coefficient (Wildman–Crippen LogP) is 2.40. The van der Waals surface area contributed by atoms with E-state index in [-0.39, 0.29) is 5.54 Å². The highest BCUT2D eigenvalue weighted by atomic mass is 16.5. The zero-order valence-corrected chi connectivity index (χ0v) is 18.1. The van der Waals surface area contributed by atoms with E-state index in [1.807, 2.05) is 18.2 Å². The molecule has 2 N–H and O–H groups in total. The number of hydrogen-bond donors (Lipinski definition) is 2. The fourth-order valence-electron chi connectivity index (χ4n) is 4.28. The van der Waals surface area contributed by atoms with Crippen LogP contribution in [0.3, 0.4) is 0 Å². The molecule has 162 valence electrons. The van der Waals surface area contributed by atoms with Gasteiger partial charge in [0.25, 0.3) is 0 Å². The summed E-state index contributed by atoms with van der Waals surface area (Å²) < 4.78 is 16.5. The van der Waals surface area contributed by atoms with E-state index in [0.29, 0.717) is 6.54 Å². The third-order valence-electron chi connectivity index (χ3n) is 6.03. The average molecular weight is 405 g/mol. The molecule has 2 heterocycles. The highest BCUT2D eigenvalue weighted by molar-refractivity contribution is 5.79. The quantitative estimate of drug-likeness (QED) is 0.512. The van der Waals surface area contributed by atoms with Gasteiger partial charge in [-0.25, -0.2) is 4.99 Å². The maximum absolute atomic E-state index is 5.66. The van der Waals surface area contributed by atoms with E-state index in [2.05, 4.69) is 22.5 Å². The van der Waals surface area contributed by atoms with E-state index < -0.39 is 0 Å². The minimum absolute atomic E-state index is 0.169. The molecule has 7 nitrogen and oxygen atoms in total. The van der Waals surface area contributed by atoms with Crippen molar-refractivity contribution in [3.63, 3.8) is 0 Å². The van der Waals surface area contributed by atoms with Crippen LogP contribution in [0.2, 0.25) is 0 Å². The summed E-state index contributed by atoms with van der Waals surface area (Å²) in [4.78, 5) is 7.48. The van der Waals surface area contributed by atoms with Gasteiger partial charge in [0.1, 0.15) is 11.5 Å². The molecule has 0 aliphatic carbocycles. The largest absolute Gasteiger partial charge is 0.497 e. The number of benzene rings is 1. The van der Waals surface area contributed by atoms with Crippen molar-refractivity contribution in [1.82, 2.24) is 15.5 Å². The first-order chi connectivity index (χ1) is 14.2. The van der Waals surface area contributed by atoms with Crippen molar-refractivity contribution in [3.8, 4) is 11.5 Å². The van der Waals surface area contributed by atoms with Crippen molar-refractivity contribution in [2.75, 3.05) is 53.6 Å². The zero-order chi connectivity index (χ0) is 20.5. The van der Waals surface area contributed by atoms with Crippen LogP contribution in [0.25, 0.3) is 0 Å². The van der Waals surface area contributed by atoms with Crippen LogP contribution in [-0.2, 0) is 11.3 Å². The van der Waals surface area contributed by atoms with Gasteiger partial charge < -0.3 is 24.8 Å². The smallest absolute Gasteiger partial charge is 0.191 e. The molecule has 0 atom stereocenters. The van der Waals surface area contributed by atoms with Gasteiger partial charge in [-0.15, -0.1) is 0 Å². The van der Waals surface area contributed by atoms with Gasteiger partial charge in [-0.05, 0) is 57.8 Å². The van der Waals surface area contributed by atoms with Crippen molar-refractivity contribution in [2.45, 2.75) is 44.7 Å². The van der Waals surface area contributed by atoms with E-state index in [1.165, 1.54) is 25.9 Å². The van der Waals surface area contributed by atoms with Gasteiger partial charge in [-0.1, -0.05) is 0 Å². The zero-order valence-electron chi connectivity index (χ0n) is 18.1. The van der Waals surface area contributed by atoms with Crippen molar-refractivity contribution >= 4 is 5.96 Å². The summed E-state index contributed by atoms with van der Waals surface area (Å²) in [5, 5.41) is 7.00. The van der Waals surface area contributed by atoms with Crippen LogP contribution in [0.4, 0.5) is 0 Å². The third-order valence-corrected chi connectivity index (χ3v) is 6.03. The molecule has 1 aromatic rings. The fraction of sp³-hybridized carbons (Fsp3) is 0.682. The van der Waals surface area contributed by atoms with E-state index >= 15 is 0 Å². The number of guanidine groups is 1. The summed E-state index contributed by atoms with van der Waals surface area (Å²) in [5.41, 5.74) is 1.20. The molecule has 2 fully saturated rings. The molecular weight excluding hydrogens is 368 g/mol. The van der Waals surface area contributed by atoms with Crippen molar-refractivity contribution < 1.29 is 14.2 Å². The average Bonchev–Trinajstić information content (AvgIpc) is 3.32. The highest BCUT2D eigenvalue weighted by Gasteiger charge is 2.39. The van der Waals surface area contributed by atoms with Crippen LogP contribution < -0.4 is 20.1 Å². The third kappa shape index (κ3) is 5.54. The number of nitrogens with zero attached hydrogens (tertiary/aromatic N) is 2. The monoisotopic (exact) mass is 404 g/mol. The molecular formula is C22H36N4O3. The lowest BCUT2D eigenvalue weighted by Gasteiger charge is -2.45. The van der Waals surface area contributed by atoms with Crippen LogP contribution in [-0.4, -0.2) is 70.0 Å². The normalized spacial score (nSPS) is 19.8. The first kappa shape index (κ1) is 21.7. The lowest BCUT2D eigenvalue weighted by molar-refractivity contribution is -0.0164. The Bertz CT molecular complexity index is 668. The Kier molecular flexibility index (Phi) is 8.00. The van der Waals surface area contributed by atoms with Gasteiger partial charge in [-0.2, -0.15) is 0 Å². The Labute approximate surface area is 174 Å². The second-order valence-electron chi connectivity index (χ2n) is 7.76. The molecule has 0 amide bonds. The summed E-state index contributed by atoms with van der Waals surface area (Å²) in [6.45, 7) is 8.42. The summed E-state index contributed by atoms with van der Waals surface area (Å²) in [7, 11) is 3.34. The number of ether oxygens (including phenoxy) is 3. The van der Waals surface area contributed by atoms with Gasteiger partial charge in [0.2, 0.25) is 0 Å². The Balaban J connectivity index is 1.68. The fourth-order valence-corrected chi connectivity index (χ4v) is 4.28. The summed E-state index contributed by atoms with van der Waals surface area (Å²) >= 11 is 0. The van der Waals surface area contributed by atoms with Crippen LogP contribution in [0.5, 0.6) is 11.5 Å². The molecule has 2 aliphatic heterocycles. The van der Waals surface area contributed by atoms with Gasteiger partial charge >= 0.3 is 0 Å². The van der Waals surface area contributed by atoms with Crippen molar-refractivity contribution in [1.29, 1.82) is 0 Å². The number of hydrogen-bond acceptors (Lipinski definition) is 5. The number of rotatable bonds is 8. The van der Waals surface area contributed by atoms with Gasteiger partial charge in [0.15, 0.2) is 5.96 Å². The maximum Gasteiger partial charge on any atom is 0.191 e. The van der Waals surface area contributed by atoms with E-state index in [9.17, 15) is 0 Å². The first-order valence-electron chi connectivity index (χ1n) is 10.8. The molecule has 0 aromatic heterocycles. The van der Waals surface area contributed by atoms with Gasteiger partial charge in [-0.3, -0.25) is 4.90 Å². The molecule has 29 heavy (non-hydrogen) atoms. The second-order valence-corrected chi connectivity index (χ2v) is 7.76. The predicted molar refractivity (Wildman–Crippen MR) is 116 cm³/mol. The maximum atomic E-state index is 5.66. The number of methoxy groups -OCH3 is 2. The number of nitrogens with one attached hydrogen (secondary N) is 2. The topological polar surface area (TPSA) is 67.4 Å². The highest BCUT2D eigenvalue weighted by Crippen LogP contribution is 2.31. The summed E-state index contributed by atoms with van der Waals surface area (Å²) in [6, 6.07) is 5.85. The molecule has 2 saturated heterocycles. The van der Waals surface area contributed by atoms with Crippen LogP contribution in [0.1, 0.15) is 38.2 Å². The van der Waals surface area contributed by atoms with Crippen LogP contribution >= 0.6 is 0 Å². The molecule has 2 aliphatic rings. The van der Waals surface area contributed by atoms with Crippen molar-refractivity contribution in [3.05, 3.63) is 23.8 Å². The molecule has 0 spiro atoms. The first-order valence-corrected chi connectivity index (χ1v) is 10.8. The molecule has 7 heteroatoms. The Morgan fingerprint density at radius 3 is 2.55 bits per heavy atom. The molecule has 3 rings (SSSR count). The summed E-state index contributed by atoms with van der Waals surface area (Å²) in [5.74, 6) is 2.42. The molecule has 0 saturated carbocycles. The molecule has 0 bridgehead atoms. The van der Waals surface area contributed by atoms with Gasteiger partial charge in [0.05, 0.1) is 20.8 Å². The molecule has 0 unspecified atom stereocenters. The minimum atomic E-state index is 0.169. The van der Waals surface area contributed by atoms with Gasteiger partial charge in [0, 0.05) is 43.5 Å². The lowest BCUT2D eigenvalue weighted by Crippen LogP contribution is -2.58. The summed E-state index contributed by atoms with van der Waals surface area (Å²) in [6.07, 6.45) is 4.75. The van der Waals surface area contributed by atoms with Crippen molar-refractivity contribution in [2.24, 2.45) is 4.99 Å².